The van der Waals surface area contributed by atoms with E-state index in [0.29, 0.717) is 12.4 Å². The normalized spacial score (nSPS) is 21.6. The lowest BCUT2D eigenvalue weighted by atomic mass is 9.99. The minimum Gasteiger partial charge on any atom is -0.345 e. The van der Waals surface area contributed by atoms with E-state index in [2.05, 4.69) is 15.3 Å². The van der Waals surface area contributed by atoms with Gasteiger partial charge in [-0.15, -0.1) is 0 Å². The quantitative estimate of drug-likeness (QED) is 0.859. The maximum Gasteiger partial charge on any atom is 0.435 e. The molecule has 1 aromatic heterocycles. The molecule has 6 heteroatoms. The number of alkyl halides is 3. The van der Waals surface area contributed by atoms with Gasteiger partial charge in [-0.05, 0) is 25.3 Å². The van der Waals surface area contributed by atoms with Crippen molar-refractivity contribution in [3.63, 3.8) is 0 Å². The smallest absolute Gasteiger partial charge is 0.345 e. The summed E-state index contributed by atoms with van der Waals surface area (Å²) in [6.45, 7) is 5.11. The van der Waals surface area contributed by atoms with E-state index in [0.717, 1.165) is 19.4 Å². The van der Waals surface area contributed by atoms with Gasteiger partial charge in [0.25, 0.3) is 0 Å². The third kappa shape index (κ3) is 2.68. The summed E-state index contributed by atoms with van der Waals surface area (Å²) < 4.78 is 38.7. The first kappa shape index (κ1) is 13.4. The molecule has 1 fully saturated rings. The number of aromatic nitrogens is 2. The Morgan fingerprint density at radius 1 is 1.33 bits per heavy atom. The summed E-state index contributed by atoms with van der Waals surface area (Å²) in [5.74, 6) is 0.324. The number of rotatable bonds is 2. The fourth-order valence-corrected chi connectivity index (χ4v) is 2.32. The van der Waals surface area contributed by atoms with Crippen LogP contribution in [0, 0.1) is 0 Å². The first-order valence-electron chi connectivity index (χ1n) is 6.27. The Hall–Kier alpha value is -1.04. The van der Waals surface area contributed by atoms with Crippen molar-refractivity contribution in [2.24, 2.45) is 0 Å². The molecule has 0 spiro atoms. The number of halogens is 3. The molecule has 0 saturated carbocycles. The van der Waals surface area contributed by atoms with Crippen LogP contribution < -0.4 is 5.32 Å². The molecule has 18 heavy (non-hydrogen) atoms. The molecule has 1 aromatic rings. The summed E-state index contributed by atoms with van der Waals surface area (Å²) in [5.41, 5.74) is -0.554. The van der Waals surface area contributed by atoms with Gasteiger partial charge in [0, 0.05) is 18.2 Å². The van der Waals surface area contributed by atoms with Gasteiger partial charge in [-0.3, -0.25) is 0 Å². The molecule has 1 atom stereocenters. The highest BCUT2D eigenvalue weighted by atomic mass is 19.4. The second-order valence-electron chi connectivity index (χ2n) is 5.08. The molecule has 1 aliphatic heterocycles. The summed E-state index contributed by atoms with van der Waals surface area (Å²) in [4.78, 5) is 6.69. The molecule has 0 amide bonds. The Morgan fingerprint density at radius 2 is 2.06 bits per heavy atom. The van der Waals surface area contributed by atoms with Gasteiger partial charge >= 0.3 is 6.18 Å². The number of H-pyrrole nitrogens is 1. The van der Waals surface area contributed by atoms with Gasteiger partial charge in [-0.2, -0.15) is 13.2 Å². The van der Waals surface area contributed by atoms with Crippen LogP contribution >= 0.6 is 0 Å². The van der Waals surface area contributed by atoms with E-state index >= 15 is 0 Å². The minimum absolute atomic E-state index is 0.0624. The maximum absolute atomic E-state index is 12.9. The zero-order chi connectivity index (χ0) is 13.3. The van der Waals surface area contributed by atoms with Crippen molar-refractivity contribution in [1.82, 2.24) is 15.3 Å². The average molecular weight is 261 g/mol. The number of hydrogen-bond acceptors (Lipinski definition) is 2. The highest BCUT2D eigenvalue weighted by Gasteiger charge is 2.38. The average Bonchev–Trinajstić information content (AvgIpc) is 2.74. The second-order valence-corrected chi connectivity index (χ2v) is 5.08. The van der Waals surface area contributed by atoms with Crippen molar-refractivity contribution in [1.29, 1.82) is 0 Å². The van der Waals surface area contributed by atoms with E-state index in [1.165, 1.54) is 0 Å². The van der Waals surface area contributed by atoms with Gasteiger partial charge < -0.3 is 10.3 Å². The van der Waals surface area contributed by atoms with Crippen LogP contribution in [-0.4, -0.2) is 23.1 Å². The van der Waals surface area contributed by atoms with Crippen LogP contribution in [0.25, 0.3) is 0 Å². The molecule has 1 unspecified atom stereocenters. The van der Waals surface area contributed by atoms with Crippen LogP contribution in [0.3, 0.4) is 0 Å². The zero-order valence-corrected chi connectivity index (χ0v) is 10.6. The van der Waals surface area contributed by atoms with E-state index in [1.807, 2.05) is 0 Å². The molecule has 2 rings (SSSR count). The van der Waals surface area contributed by atoms with Gasteiger partial charge in [0.2, 0.25) is 0 Å². The molecule has 0 bridgehead atoms. The Balaban J connectivity index is 2.32. The lowest BCUT2D eigenvalue weighted by molar-refractivity contribution is -0.141. The van der Waals surface area contributed by atoms with Crippen LogP contribution in [0.4, 0.5) is 13.2 Å². The zero-order valence-electron chi connectivity index (χ0n) is 10.6. The second kappa shape index (κ2) is 4.91. The fourth-order valence-electron chi connectivity index (χ4n) is 2.32. The first-order valence-corrected chi connectivity index (χ1v) is 6.27. The third-order valence-electron chi connectivity index (χ3n) is 3.28. The predicted octanol–water partition coefficient (Wildman–Crippen LogP) is 3.02. The molecule has 1 saturated heterocycles. The van der Waals surface area contributed by atoms with E-state index < -0.39 is 11.9 Å². The fraction of sp³-hybridized carbons (Fsp3) is 0.750. The van der Waals surface area contributed by atoms with Crippen LogP contribution in [0.1, 0.15) is 55.7 Å². The molecule has 102 valence electrons. The molecule has 0 aliphatic carbocycles. The number of aromatic amines is 1. The van der Waals surface area contributed by atoms with Gasteiger partial charge in [0.15, 0.2) is 5.69 Å². The van der Waals surface area contributed by atoms with Crippen molar-refractivity contribution in [3.05, 3.63) is 17.2 Å². The van der Waals surface area contributed by atoms with E-state index in [1.54, 1.807) is 13.8 Å². The maximum atomic E-state index is 12.9. The molecule has 2 heterocycles. The lowest BCUT2D eigenvalue weighted by Gasteiger charge is -2.20. The van der Waals surface area contributed by atoms with Crippen molar-refractivity contribution in [2.75, 3.05) is 13.1 Å². The first-order chi connectivity index (χ1) is 8.39. The Bertz CT molecular complexity index is 403. The van der Waals surface area contributed by atoms with Crippen LogP contribution in [-0.2, 0) is 6.18 Å². The van der Waals surface area contributed by atoms with Crippen molar-refractivity contribution in [2.45, 2.75) is 44.7 Å². The number of hydrogen-bond donors (Lipinski definition) is 2. The Kier molecular flexibility index (Phi) is 3.66. The van der Waals surface area contributed by atoms with E-state index in [9.17, 15) is 13.2 Å². The summed E-state index contributed by atoms with van der Waals surface area (Å²) >= 11 is 0. The topological polar surface area (TPSA) is 40.7 Å². The monoisotopic (exact) mass is 261 g/mol. The Morgan fingerprint density at radius 3 is 2.50 bits per heavy atom. The van der Waals surface area contributed by atoms with Gasteiger partial charge in [0.05, 0.1) is 0 Å². The third-order valence-corrected chi connectivity index (χ3v) is 3.28. The van der Waals surface area contributed by atoms with E-state index in [4.69, 9.17) is 0 Å². The minimum atomic E-state index is -4.38. The molecule has 0 aromatic carbocycles. The number of imidazole rings is 1. The lowest BCUT2D eigenvalue weighted by Crippen LogP contribution is -2.29. The van der Waals surface area contributed by atoms with Crippen molar-refractivity contribution in [3.8, 4) is 0 Å². The summed E-state index contributed by atoms with van der Waals surface area (Å²) in [5, 5.41) is 3.19. The molecule has 2 N–H and O–H groups in total. The van der Waals surface area contributed by atoms with Crippen LogP contribution in [0.5, 0.6) is 0 Å². The highest BCUT2D eigenvalue weighted by molar-refractivity contribution is 5.22. The van der Waals surface area contributed by atoms with Crippen molar-refractivity contribution < 1.29 is 13.2 Å². The molecule has 1 aliphatic rings. The predicted molar refractivity (Wildman–Crippen MR) is 62.5 cm³/mol. The van der Waals surface area contributed by atoms with E-state index in [-0.39, 0.29) is 17.5 Å². The van der Waals surface area contributed by atoms with Gasteiger partial charge in [-0.25, -0.2) is 4.98 Å². The largest absolute Gasteiger partial charge is 0.435 e. The summed E-state index contributed by atoms with van der Waals surface area (Å²) in [6.07, 6.45) is -2.52. The molecular weight excluding hydrogens is 243 g/mol. The van der Waals surface area contributed by atoms with Crippen molar-refractivity contribution >= 4 is 0 Å². The number of piperidine rings is 1. The summed E-state index contributed by atoms with van der Waals surface area (Å²) in [6, 6.07) is 0. The summed E-state index contributed by atoms with van der Waals surface area (Å²) in [7, 11) is 0. The number of nitrogens with one attached hydrogen (secondary N) is 2. The Labute approximate surface area is 104 Å². The highest BCUT2D eigenvalue weighted by Crippen LogP contribution is 2.35. The SMILES string of the molecule is CC(C)c1[nH]c(C2CCCNC2)nc1C(F)(F)F. The van der Waals surface area contributed by atoms with Gasteiger partial charge in [-0.1, -0.05) is 13.8 Å². The number of nitrogens with zero attached hydrogens (tertiary/aromatic N) is 1. The molecule has 3 nitrogen and oxygen atoms in total. The van der Waals surface area contributed by atoms with Crippen LogP contribution in [0.15, 0.2) is 0 Å². The van der Waals surface area contributed by atoms with Crippen LogP contribution in [0.2, 0.25) is 0 Å². The standard InChI is InChI=1S/C12H18F3N3/c1-7(2)9-10(12(13,14)15)18-11(17-9)8-4-3-5-16-6-8/h7-8,16H,3-6H2,1-2H3,(H,17,18). The molecular formula is C12H18F3N3. The molecule has 0 radical (unpaired) electrons. The van der Waals surface area contributed by atoms with Gasteiger partial charge in [0.1, 0.15) is 5.82 Å².